The Hall–Kier alpha value is -0.660. The summed E-state index contributed by atoms with van der Waals surface area (Å²) in [5, 5.41) is 11.6. The molecule has 0 bridgehead atoms. The highest BCUT2D eigenvalue weighted by molar-refractivity contribution is 9.10. The van der Waals surface area contributed by atoms with Gasteiger partial charge < -0.3 is 15.4 Å². The zero-order valence-corrected chi connectivity index (χ0v) is 15.0. The zero-order valence-electron chi connectivity index (χ0n) is 12.6. The van der Waals surface area contributed by atoms with E-state index in [1.807, 2.05) is 11.6 Å². The van der Waals surface area contributed by atoms with E-state index in [-0.39, 0.29) is 0 Å². The van der Waals surface area contributed by atoms with E-state index < -0.39 is 0 Å². The molecule has 0 spiro atoms. The summed E-state index contributed by atoms with van der Waals surface area (Å²) < 4.78 is 8.68. The minimum atomic E-state index is 0.316. The van der Waals surface area contributed by atoms with E-state index in [0.29, 0.717) is 11.2 Å². The number of thiocarbonyl (C=S) groups is 1. The predicted molar refractivity (Wildman–Crippen MR) is 91.6 cm³/mol. The first kappa shape index (κ1) is 16.7. The van der Waals surface area contributed by atoms with E-state index in [1.54, 1.807) is 0 Å². The first-order chi connectivity index (χ1) is 10.1. The fourth-order valence-electron chi connectivity index (χ4n) is 2.40. The Balaban J connectivity index is 1.60. The van der Waals surface area contributed by atoms with Crippen LogP contribution in [0.4, 0.5) is 0 Å². The zero-order chi connectivity index (χ0) is 15.2. The third-order valence-electron chi connectivity index (χ3n) is 3.64. The lowest BCUT2D eigenvalue weighted by molar-refractivity contribution is 0.114. The highest BCUT2D eigenvalue weighted by Crippen LogP contribution is 2.19. The molecule has 5 nitrogen and oxygen atoms in total. The third-order valence-corrected chi connectivity index (χ3v) is 5.08. The minimum absolute atomic E-state index is 0.316. The van der Waals surface area contributed by atoms with Gasteiger partial charge in [0.05, 0.1) is 16.3 Å². The molecule has 2 N–H and O–H groups in total. The van der Waals surface area contributed by atoms with Crippen molar-refractivity contribution in [2.75, 3.05) is 19.7 Å². The van der Waals surface area contributed by atoms with Crippen molar-refractivity contribution in [1.82, 2.24) is 20.4 Å². The standard InChI is InChI=1S/C14H23BrN4OS/c1-10-13(15)11(2)19(18-10)7-4-6-16-14(21)17-9-12-5-3-8-20-12/h12H,3-9H2,1-2H3,(H2,16,17,21). The van der Waals surface area contributed by atoms with Crippen molar-refractivity contribution in [3.05, 3.63) is 15.9 Å². The van der Waals surface area contributed by atoms with Gasteiger partial charge in [0.2, 0.25) is 0 Å². The van der Waals surface area contributed by atoms with E-state index in [4.69, 9.17) is 17.0 Å². The number of ether oxygens (including phenoxy) is 1. The molecule has 0 aliphatic carbocycles. The smallest absolute Gasteiger partial charge is 0.166 e. The molecule has 118 valence electrons. The largest absolute Gasteiger partial charge is 0.376 e. The maximum Gasteiger partial charge on any atom is 0.166 e. The van der Waals surface area contributed by atoms with Crippen LogP contribution in [-0.4, -0.2) is 40.7 Å². The van der Waals surface area contributed by atoms with Gasteiger partial charge in [-0.15, -0.1) is 0 Å². The van der Waals surface area contributed by atoms with E-state index >= 15 is 0 Å². The number of aromatic nitrogens is 2. The van der Waals surface area contributed by atoms with Crippen LogP contribution in [0.15, 0.2) is 4.47 Å². The number of hydrogen-bond acceptors (Lipinski definition) is 3. The molecular weight excluding hydrogens is 352 g/mol. The van der Waals surface area contributed by atoms with Crippen LogP contribution in [0, 0.1) is 13.8 Å². The van der Waals surface area contributed by atoms with Gasteiger partial charge in [0.25, 0.3) is 0 Å². The molecule has 0 saturated carbocycles. The Morgan fingerprint density at radius 1 is 1.48 bits per heavy atom. The van der Waals surface area contributed by atoms with Crippen molar-refractivity contribution in [3.63, 3.8) is 0 Å². The Morgan fingerprint density at radius 3 is 2.90 bits per heavy atom. The van der Waals surface area contributed by atoms with Crippen LogP contribution >= 0.6 is 28.1 Å². The Kier molecular flexibility index (Phi) is 6.44. The van der Waals surface area contributed by atoms with E-state index in [1.165, 1.54) is 5.69 Å². The Labute approximate surface area is 139 Å². The van der Waals surface area contributed by atoms with Crippen LogP contribution in [0.5, 0.6) is 0 Å². The van der Waals surface area contributed by atoms with Gasteiger partial charge in [0.15, 0.2) is 5.11 Å². The monoisotopic (exact) mass is 374 g/mol. The SMILES string of the molecule is Cc1nn(CCCNC(=S)NCC2CCCO2)c(C)c1Br. The molecule has 0 aromatic carbocycles. The molecule has 2 rings (SSSR count). The van der Waals surface area contributed by atoms with Gasteiger partial charge in [0.1, 0.15) is 0 Å². The summed E-state index contributed by atoms with van der Waals surface area (Å²) in [6.45, 7) is 7.50. The number of rotatable bonds is 6. The first-order valence-electron chi connectivity index (χ1n) is 7.40. The molecule has 1 unspecified atom stereocenters. The van der Waals surface area contributed by atoms with Crippen LogP contribution in [0.1, 0.15) is 30.7 Å². The normalized spacial score (nSPS) is 18.0. The molecule has 1 aliphatic rings. The van der Waals surface area contributed by atoms with Crippen molar-refractivity contribution in [2.45, 2.75) is 45.8 Å². The van der Waals surface area contributed by atoms with Crippen LogP contribution < -0.4 is 10.6 Å². The topological polar surface area (TPSA) is 51.1 Å². The Morgan fingerprint density at radius 2 is 2.29 bits per heavy atom. The summed E-state index contributed by atoms with van der Waals surface area (Å²) in [6, 6.07) is 0. The summed E-state index contributed by atoms with van der Waals surface area (Å²) in [4.78, 5) is 0. The molecule has 1 aliphatic heterocycles. The summed E-state index contributed by atoms with van der Waals surface area (Å²) in [7, 11) is 0. The molecule has 7 heteroatoms. The van der Waals surface area contributed by atoms with Crippen LogP contribution in [-0.2, 0) is 11.3 Å². The lowest BCUT2D eigenvalue weighted by atomic mass is 10.2. The second kappa shape index (κ2) is 8.10. The van der Waals surface area contributed by atoms with Crippen molar-refractivity contribution in [1.29, 1.82) is 0 Å². The molecule has 0 amide bonds. The lowest BCUT2D eigenvalue weighted by Gasteiger charge is -2.14. The van der Waals surface area contributed by atoms with Crippen LogP contribution in [0.3, 0.4) is 0 Å². The molecule has 1 saturated heterocycles. The van der Waals surface area contributed by atoms with Gasteiger partial charge in [-0.05, 0) is 61.3 Å². The highest BCUT2D eigenvalue weighted by Gasteiger charge is 2.15. The molecular formula is C14H23BrN4OS. The number of aryl methyl sites for hydroxylation is 2. The molecule has 21 heavy (non-hydrogen) atoms. The summed E-state index contributed by atoms with van der Waals surface area (Å²) >= 11 is 8.80. The molecule has 1 fully saturated rings. The molecule has 0 radical (unpaired) electrons. The highest BCUT2D eigenvalue weighted by atomic mass is 79.9. The first-order valence-corrected chi connectivity index (χ1v) is 8.61. The molecule has 1 aromatic heterocycles. The van der Waals surface area contributed by atoms with Gasteiger partial charge in [-0.3, -0.25) is 4.68 Å². The summed E-state index contributed by atoms with van der Waals surface area (Å²) in [5.74, 6) is 0. The van der Waals surface area contributed by atoms with Crippen molar-refractivity contribution < 1.29 is 4.74 Å². The molecule has 2 heterocycles. The van der Waals surface area contributed by atoms with Gasteiger partial charge in [0, 0.05) is 31.9 Å². The lowest BCUT2D eigenvalue weighted by Crippen LogP contribution is -2.39. The fraction of sp³-hybridized carbons (Fsp3) is 0.714. The second-order valence-corrected chi connectivity index (χ2v) is 6.53. The summed E-state index contributed by atoms with van der Waals surface area (Å²) in [5.41, 5.74) is 2.21. The average Bonchev–Trinajstić information content (AvgIpc) is 3.06. The molecule has 1 aromatic rings. The van der Waals surface area contributed by atoms with Crippen molar-refractivity contribution in [3.8, 4) is 0 Å². The third kappa shape index (κ3) is 4.93. The van der Waals surface area contributed by atoms with Crippen molar-refractivity contribution >= 4 is 33.3 Å². The van der Waals surface area contributed by atoms with E-state index in [2.05, 4.69) is 38.6 Å². The van der Waals surface area contributed by atoms with Gasteiger partial charge in [-0.2, -0.15) is 5.10 Å². The summed E-state index contributed by atoms with van der Waals surface area (Å²) in [6.07, 6.45) is 3.58. The predicted octanol–water partition coefficient (Wildman–Crippen LogP) is 2.30. The number of hydrogen-bond donors (Lipinski definition) is 2. The number of halogens is 1. The van der Waals surface area contributed by atoms with Crippen molar-refractivity contribution in [2.24, 2.45) is 0 Å². The Bertz CT molecular complexity index is 486. The maximum absolute atomic E-state index is 5.55. The van der Waals surface area contributed by atoms with E-state index in [9.17, 15) is 0 Å². The fourth-order valence-corrected chi connectivity index (χ4v) is 2.87. The van der Waals surface area contributed by atoms with Gasteiger partial charge >= 0.3 is 0 Å². The van der Waals surface area contributed by atoms with Gasteiger partial charge in [-0.1, -0.05) is 0 Å². The minimum Gasteiger partial charge on any atom is -0.376 e. The molecule has 1 atom stereocenters. The number of nitrogens with one attached hydrogen (secondary N) is 2. The number of nitrogens with zero attached hydrogens (tertiary/aromatic N) is 2. The quantitative estimate of drug-likeness (QED) is 0.590. The van der Waals surface area contributed by atoms with E-state index in [0.717, 1.165) is 55.7 Å². The second-order valence-electron chi connectivity index (χ2n) is 5.33. The average molecular weight is 375 g/mol. The van der Waals surface area contributed by atoms with Crippen LogP contribution in [0.2, 0.25) is 0 Å². The van der Waals surface area contributed by atoms with Gasteiger partial charge in [-0.25, -0.2) is 0 Å². The van der Waals surface area contributed by atoms with Crippen LogP contribution in [0.25, 0.3) is 0 Å². The maximum atomic E-state index is 5.55.